The number of piperidine rings is 1. The molecule has 1 aliphatic heterocycles. The number of hydrogen-bond donors (Lipinski definition) is 1. The zero-order valence-corrected chi connectivity index (χ0v) is 12.4. The Balaban J connectivity index is 1.76. The standard InChI is InChI=1S/C15H28N4/c1-3-7-16-15-6-10-18(13-14(15)4-2)11-12-19-9-5-8-17-19/h5,8-9,14-16H,3-4,6-7,10-13H2,1-2H3. The van der Waals surface area contributed by atoms with Crippen molar-refractivity contribution in [1.82, 2.24) is 20.0 Å². The molecule has 0 saturated carbocycles. The molecule has 0 amide bonds. The fourth-order valence-electron chi connectivity index (χ4n) is 3.00. The molecule has 19 heavy (non-hydrogen) atoms. The van der Waals surface area contributed by atoms with Crippen molar-refractivity contribution in [3.05, 3.63) is 18.5 Å². The number of hydrogen-bond acceptors (Lipinski definition) is 3. The van der Waals surface area contributed by atoms with Crippen LogP contribution in [0.15, 0.2) is 18.5 Å². The smallest absolute Gasteiger partial charge is 0.0536 e. The molecule has 1 aliphatic rings. The Morgan fingerprint density at radius 2 is 2.21 bits per heavy atom. The highest BCUT2D eigenvalue weighted by atomic mass is 15.3. The van der Waals surface area contributed by atoms with Crippen LogP contribution in [0.3, 0.4) is 0 Å². The van der Waals surface area contributed by atoms with Crippen LogP contribution in [0.2, 0.25) is 0 Å². The summed E-state index contributed by atoms with van der Waals surface area (Å²) in [4.78, 5) is 2.60. The van der Waals surface area contributed by atoms with E-state index in [9.17, 15) is 0 Å². The molecule has 2 unspecified atom stereocenters. The number of nitrogens with one attached hydrogen (secondary N) is 1. The van der Waals surface area contributed by atoms with Gasteiger partial charge in [-0.3, -0.25) is 4.68 Å². The molecule has 0 aliphatic carbocycles. The average molecular weight is 264 g/mol. The predicted octanol–water partition coefficient (Wildman–Crippen LogP) is 1.98. The minimum Gasteiger partial charge on any atom is -0.314 e. The molecule has 1 N–H and O–H groups in total. The van der Waals surface area contributed by atoms with Crippen LogP contribution in [-0.4, -0.2) is 46.9 Å². The highest BCUT2D eigenvalue weighted by molar-refractivity contribution is 4.85. The third kappa shape index (κ3) is 4.32. The van der Waals surface area contributed by atoms with Crippen LogP contribution in [0.5, 0.6) is 0 Å². The zero-order valence-electron chi connectivity index (χ0n) is 12.4. The van der Waals surface area contributed by atoms with E-state index in [0.717, 1.165) is 31.6 Å². The third-order valence-electron chi connectivity index (χ3n) is 4.20. The molecule has 4 heteroatoms. The molecule has 1 saturated heterocycles. The molecular formula is C15H28N4. The Kier molecular flexibility index (Phi) is 5.86. The van der Waals surface area contributed by atoms with Crippen LogP contribution >= 0.6 is 0 Å². The summed E-state index contributed by atoms with van der Waals surface area (Å²) in [5.74, 6) is 0.804. The molecule has 0 aromatic carbocycles. The average Bonchev–Trinajstić information content (AvgIpc) is 2.96. The van der Waals surface area contributed by atoms with E-state index >= 15 is 0 Å². The summed E-state index contributed by atoms with van der Waals surface area (Å²) < 4.78 is 2.03. The lowest BCUT2D eigenvalue weighted by molar-refractivity contribution is 0.130. The van der Waals surface area contributed by atoms with E-state index in [-0.39, 0.29) is 0 Å². The predicted molar refractivity (Wildman–Crippen MR) is 79.1 cm³/mol. The first kappa shape index (κ1) is 14.5. The molecule has 2 atom stereocenters. The first-order valence-corrected chi connectivity index (χ1v) is 7.76. The molecule has 1 aromatic heterocycles. The number of likely N-dealkylation sites (tertiary alicyclic amines) is 1. The van der Waals surface area contributed by atoms with Crippen LogP contribution in [0.25, 0.3) is 0 Å². The highest BCUT2D eigenvalue weighted by Gasteiger charge is 2.27. The van der Waals surface area contributed by atoms with Gasteiger partial charge in [0, 0.05) is 31.5 Å². The van der Waals surface area contributed by atoms with Crippen molar-refractivity contribution in [2.75, 3.05) is 26.2 Å². The second-order valence-corrected chi connectivity index (χ2v) is 5.59. The van der Waals surface area contributed by atoms with Crippen molar-refractivity contribution in [1.29, 1.82) is 0 Å². The van der Waals surface area contributed by atoms with Crippen molar-refractivity contribution in [3.8, 4) is 0 Å². The molecule has 2 heterocycles. The van der Waals surface area contributed by atoms with Crippen molar-refractivity contribution < 1.29 is 0 Å². The van der Waals surface area contributed by atoms with Gasteiger partial charge in [0.2, 0.25) is 0 Å². The maximum atomic E-state index is 4.27. The van der Waals surface area contributed by atoms with Crippen molar-refractivity contribution >= 4 is 0 Å². The fourth-order valence-corrected chi connectivity index (χ4v) is 3.00. The summed E-state index contributed by atoms with van der Waals surface area (Å²) in [6, 6.07) is 2.72. The van der Waals surface area contributed by atoms with Gasteiger partial charge in [0.25, 0.3) is 0 Å². The molecule has 108 valence electrons. The molecule has 0 bridgehead atoms. The molecule has 1 aromatic rings. The quantitative estimate of drug-likeness (QED) is 0.817. The summed E-state index contributed by atoms with van der Waals surface area (Å²) in [6.45, 7) is 10.3. The minimum absolute atomic E-state index is 0.728. The number of rotatable bonds is 7. The summed E-state index contributed by atoms with van der Waals surface area (Å²) in [7, 11) is 0. The number of aromatic nitrogens is 2. The summed E-state index contributed by atoms with van der Waals surface area (Å²) in [6.07, 6.45) is 7.70. The van der Waals surface area contributed by atoms with Gasteiger partial charge in [-0.05, 0) is 37.9 Å². The largest absolute Gasteiger partial charge is 0.314 e. The van der Waals surface area contributed by atoms with Gasteiger partial charge >= 0.3 is 0 Å². The maximum Gasteiger partial charge on any atom is 0.0536 e. The van der Waals surface area contributed by atoms with Crippen LogP contribution in [0, 0.1) is 5.92 Å². The topological polar surface area (TPSA) is 33.1 Å². The lowest BCUT2D eigenvalue weighted by atomic mass is 9.90. The van der Waals surface area contributed by atoms with Crippen LogP contribution in [0.4, 0.5) is 0 Å². The van der Waals surface area contributed by atoms with Crippen molar-refractivity contribution in [3.63, 3.8) is 0 Å². The summed E-state index contributed by atoms with van der Waals surface area (Å²) in [5, 5.41) is 7.99. The van der Waals surface area contributed by atoms with Crippen LogP contribution in [0.1, 0.15) is 33.1 Å². The first-order chi connectivity index (χ1) is 9.33. The third-order valence-corrected chi connectivity index (χ3v) is 4.20. The maximum absolute atomic E-state index is 4.27. The van der Waals surface area contributed by atoms with Gasteiger partial charge < -0.3 is 10.2 Å². The molecule has 0 spiro atoms. The molecule has 0 radical (unpaired) electrons. The van der Waals surface area contributed by atoms with E-state index in [1.54, 1.807) is 0 Å². The van der Waals surface area contributed by atoms with E-state index < -0.39 is 0 Å². The van der Waals surface area contributed by atoms with Gasteiger partial charge in [-0.2, -0.15) is 5.10 Å². The lowest BCUT2D eigenvalue weighted by Gasteiger charge is -2.38. The van der Waals surface area contributed by atoms with Gasteiger partial charge in [0.15, 0.2) is 0 Å². The fraction of sp³-hybridized carbons (Fsp3) is 0.800. The Bertz CT molecular complexity index is 336. The highest BCUT2D eigenvalue weighted by Crippen LogP contribution is 2.20. The van der Waals surface area contributed by atoms with E-state index in [4.69, 9.17) is 0 Å². The lowest BCUT2D eigenvalue weighted by Crippen LogP contribution is -2.49. The van der Waals surface area contributed by atoms with Gasteiger partial charge in [0.05, 0.1) is 6.54 Å². The second-order valence-electron chi connectivity index (χ2n) is 5.59. The first-order valence-electron chi connectivity index (χ1n) is 7.76. The molecule has 4 nitrogen and oxygen atoms in total. The molecule has 1 fully saturated rings. The van der Waals surface area contributed by atoms with Gasteiger partial charge in [-0.15, -0.1) is 0 Å². The normalized spacial score (nSPS) is 24.7. The van der Waals surface area contributed by atoms with E-state index in [1.165, 1.54) is 32.4 Å². The second kappa shape index (κ2) is 7.65. The number of nitrogens with zero attached hydrogens (tertiary/aromatic N) is 3. The van der Waals surface area contributed by atoms with Gasteiger partial charge in [-0.1, -0.05) is 20.3 Å². The Morgan fingerprint density at radius 3 is 2.89 bits per heavy atom. The summed E-state index contributed by atoms with van der Waals surface area (Å²) in [5.41, 5.74) is 0. The van der Waals surface area contributed by atoms with E-state index in [1.807, 2.05) is 23.1 Å². The van der Waals surface area contributed by atoms with Crippen LogP contribution < -0.4 is 5.32 Å². The Labute approximate surface area is 117 Å². The van der Waals surface area contributed by atoms with E-state index in [2.05, 4.69) is 29.2 Å². The van der Waals surface area contributed by atoms with Gasteiger partial charge in [-0.25, -0.2) is 0 Å². The minimum atomic E-state index is 0.728. The Morgan fingerprint density at radius 1 is 1.32 bits per heavy atom. The van der Waals surface area contributed by atoms with Gasteiger partial charge in [0.1, 0.15) is 0 Å². The van der Waals surface area contributed by atoms with E-state index in [0.29, 0.717) is 0 Å². The Hall–Kier alpha value is -0.870. The van der Waals surface area contributed by atoms with Crippen molar-refractivity contribution in [2.24, 2.45) is 5.92 Å². The van der Waals surface area contributed by atoms with Crippen LogP contribution in [-0.2, 0) is 6.54 Å². The SMILES string of the molecule is CCCNC1CCN(CCn2cccn2)CC1CC. The summed E-state index contributed by atoms with van der Waals surface area (Å²) >= 11 is 0. The molecular weight excluding hydrogens is 236 g/mol. The monoisotopic (exact) mass is 264 g/mol. The zero-order chi connectivity index (χ0) is 13.5. The molecule has 2 rings (SSSR count). The van der Waals surface area contributed by atoms with Crippen molar-refractivity contribution in [2.45, 2.75) is 45.7 Å².